The molecule has 4 rings (SSSR count). The molecule has 2 aromatic carbocycles. The van der Waals surface area contributed by atoms with Crippen LogP contribution in [0.1, 0.15) is 17.0 Å². The van der Waals surface area contributed by atoms with Gasteiger partial charge in [0.2, 0.25) is 0 Å². The third-order valence-corrected chi connectivity index (χ3v) is 6.11. The summed E-state index contributed by atoms with van der Waals surface area (Å²) in [6.07, 6.45) is 0. The number of ether oxygens (including phenoxy) is 1. The van der Waals surface area contributed by atoms with Gasteiger partial charge in [-0.2, -0.15) is 0 Å². The maximum absolute atomic E-state index is 12.9. The van der Waals surface area contributed by atoms with Gasteiger partial charge in [0.05, 0.1) is 11.4 Å². The van der Waals surface area contributed by atoms with E-state index < -0.39 is 5.92 Å². The topological polar surface area (TPSA) is 48.3 Å². The molecule has 1 unspecified atom stereocenters. The normalized spacial score (nSPS) is 15.8. The predicted octanol–water partition coefficient (Wildman–Crippen LogP) is 3.68. The smallest absolute Gasteiger partial charge is 0.255 e. The van der Waals surface area contributed by atoms with Crippen molar-refractivity contribution in [2.24, 2.45) is 7.05 Å². The van der Waals surface area contributed by atoms with E-state index >= 15 is 0 Å². The quantitative estimate of drug-likeness (QED) is 0.708. The van der Waals surface area contributed by atoms with Gasteiger partial charge in [-0.15, -0.1) is 11.8 Å². The number of pyridine rings is 1. The van der Waals surface area contributed by atoms with Crippen molar-refractivity contribution in [2.75, 3.05) is 12.4 Å². The first-order chi connectivity index (χ1) is 12.6. The summed E-state index contributed by atoms with van der Waals surface area (Å²) >= 11 is 1.59. The standard InChI is InChI=1S/C21H19NO3S/c1-13-7-3-6-10-18(13)25-11-17(23)15-12-26-20-14-8-4-5-9-16(14)22(2)21(24)19(15)20/h3-10,15H,11-12H2,1-2H3. The van der Waals surface area contributed by atoms with Crippen LogP contribution in [-0.2, 0) is 11.8 Å². The fourth-order valence-corrected chi connectivity index (χ4v) is 4.82. The Labute approximate surface area is 155 Å². The first kappa shape index (κ1) is 16.9. The van der Waals surface area contributed by atoms with Crippen LogP contribution in [0.15, 0.2) is 58.2 Å². The van der Waals surface area contributed by atoms with Crippen molar-refractivity contribution in [3.8, 4) is 5.75 Å². The molecule has 132 valence electrons. The zero-order chi connectivity index (χ0) is 18.3. The molecule has 1 aliphatic rings. The number of ketones is 1. The van der Waals surface area contributed by atoms with Crippen molar-refractivity contribution >= 4 is 28.4 Å². The van der Waals surface area contributed by atoms with E-state index in [0.717, 1.165) is 21.4 Å². The molecule has 0 radical (unpaired) electrons. The van der Waals surface area contributed by atoms with E-state index in [2.05, 4.69) is 0 Å². The zero-order valence-electron chi connectivity index (χ0n) is 14.7. The third kappa shape index (κ3) is 2.72. The van der Waals surface area contributed by atoms with Crippen LogP contribution < -0.4 is 10.3 Å². The highest BCUT2D eigenvalue weighted by molar-refractivity contribution is 8.00. The van der Waals surface area contributed by atoms with Gasteiger partial charge in [0.15, 0.2) is 5.78 Å². The number of thioether (sulfide) groups is 1. The van der Waals surface area contributed by atoms with Gasteiger partial charge >= 0.3 is 0 Å². The first-order valence-electron chi connectivity index (χ1n) is 8.53. The molecular formula is C21H19NO3S. The molecule has 0 bridgehead atoms. The Hall–Kier alpha value is -2.53. The number of carbonyl (C=O) groups excluding carboxylic acids is 1. The minimum absolute atomic E-state index is 0.0223. The number of aromatic nitrogens is 1. The molecule has 0 saturated carbocycles. The molecule has 0 amide bonds. The molecule has 3 aromatic rings. The van der Waals surface area contributed by atoms with E-state index in [1.165, 1.54) is 0 Å². The van der Waals surface area contributed by atoms with Crippen LogP contribution in [0.3, 0.4) is 0 Å². The molecule has 1 aliphatic heterocycles. The summed E-state index contributed by atoms with van der Waals surface area (Å²) in [5, 5.41) is 1.03. The van der Waals surface area contributed by atoms with Crippen LogP contribution in [0.5, 0.6) is 5.75 Å². The minimum atomic E-state index is -0.415. The maximum Gasteiger partial charge on any atom is 0.255 e. The van der Waals surface area contributed by atoms with E-state index in [9.17, 15) is 9.59 Å². The van der Waals surface area contributed by atoms with E-state index in [0.29, 0.717) is 17.1 Å². The number of Topliss-reactive ketones (excluding diaryl/α,β-unsaturated/α-hetero) is 1. The Morgan fingerprint density at radius 1 is 1.19 bits per heavy atom. The molecule has 26 heavy (non-hydrogen) atoms. The van der Waals surface area contributed by atoms with Gasteiger partial charge in [-0.05, 0) is 24.6 Å². The lowest BCUT2D eigenvalue weighted by molar-refractivity contribution is -0.122. The minimum Gasteiger partial charge on any atom is -0.486 e. The molecule has 0 saturated heterocycles. The van der Waals surface area contributed by atoms with Crippen LogP contribution in [0.25, 0.3) is 10.9 Å². The van der Waals surface area contributed by atoms with Gasteiger partial charge in [0.1, 0.15) is 12.4 Å². The van der Waals surface area contributed by atoms with Crippen molar-refractivity contribution in [1.29, 1.82) is 0 Å². The summed E-state index contributed by atoms with van der Waals surface area (Å²) in [5.41, 5.74) is 2.42. The molecule has 1 atom stereocenters. The number of benzene rings is 2. The second kappa shape index (κ2) is 6.65. The lowest BCUT2D eigenvalue weighted by Crippen LogP contribution is -2.28. The Kier molecular flexibility index (Phi) is 4.32. The zero-order valence-corrected chi connectivity index (χ0v) is 15.5. The largest absolute Gasteiger partial charge is 0.486 e. The summed E-state index contributed by atoms with van der Waals surface area (Å²) in [4.78, 5) is 26.6. The SMILES string of the molecule is Cc1ccccc1OCC(=O)C1CSc2c1c(=O)n(C)c1ccccc21. The number of fused-ring (bicyclic) bond motifs is 3. The number of hydrogen-bond acceptors (Lipinski definition) is 4. The summed E-state index contributed by atoms with van der Waals surface area (Å²) in [6.45, 7) is 1.92. The van der Waals surface area contributed by atoms with E-state index in [1.54, 1.807) is 23.4 Å². The van der Waals surface area contributed by atoms with Crippen molar-refractivity contribution in [3.63, 3.8) is 0 Å². The molecule has 2 heterocycles. The van der Waals surface area contributed by atoms with Gasteiger partial charge in [-0.3, -0.25) is 9.59 Å². The van der Waals surface area contributed by atoms with E-state index in [-0.39, 0.29) is 17.9 Å². The fourth-order valence-electron chi connectivity index (χ4n) is 3.42. The first-order valence-corrected chi connectivity index (χ1v) is 9.52. The van der Waals surface area contributed by atoms with Gasteiger partial charge < -0.3 is 9.30 Å². The molecule has 4 nitrogen and oxygen atoms in total. The van der Waals surface area contributed by atoms with Crippen molar-refractivity contribution < 1.29 is 9.53 Å². The Balaban J connectivity index is 1.66. The Morgan fingerprint density at radius 3 is 2.73 bits per heavy atom. The molecule has 0 spiro atoms. The van der Waals surface area contributed by atoms with Crippen molar-refractivity contribution in [2.45, 2.75) is 17.7 Å². The molecule has 1 aromatic heterocycles. The van der Waals surface area contributed by atoms with Crippen LogP contribution in [-0.4, -0.2) is 22.7 Å². The van der Waals surface area contributed by atoms with Crippen molar-refractivity contribution in [3.05, 3.63) is 70.0 Å². The highest BCUT2D eigenvalue weighted by Gasteiger charge is 2.34. The van der Waals surface area contributed by atoms with Crippen LogP contribution in [0, 0.1) is 6.92 Å². The van der Waals surface area contributed by atoms with Crippen LogP contribution in [0.2, 0.25) is 0 Å². The molecule has 0 aliphatic carbocycles. The highest BCUT2D eigenvalue weighted by Crippen LogP contribution is 2.42. The molecule has 5 heteroatoms. The van der Waals surface area contributed by atoms with E-state index in [1.807, 2.05) is 55.5 Å². The average Bonchev–Trinajstić information content (AvgIpc) is 3.11. The summed E-state index contributed by atoms with van der Waals surface area (Å²) in [5.74, 6) is 0.835. The number of para-hydroxylation sites is 2. The second-order valence-electron chi connectivity index (χ2n) is 6.51. The summed E-state index contributed by atoms with van der Waals surface area (Å²) in [6, 6.07) is 15.5. The second-order valence-corrected chi connectivity index (χ2v) is 7.54. The van der Waals surface area contributed by atoms with Crippen LogP contribution in [0.4, 0.5) is 0 Å². The lowest BCUT2D eigenvalue weighted by atomic mass is 9.96. The van der Waals surface area contributed by atoms with Crippen LogP contribution >= 0.6 is 11.8 Å². The number of carbonyl (C=O) groups is 1. The Morgan fingerprint density at radius 2 is 1.92 bits per heavy atom. The number of hydrogen-bond donors (Lipinski definition) is 0. The van der Waals surface area contributed by atoms with E-state index in [4.69, 9.17) is 4.74 Å². The highest BCUT2D eigenvalue weighted by atomic mass is 32.2. The van der Waals surface area contributed by atoms with Gasteiger partial charge in [0.25, 0.3) is 5.56 Å². The third-order valence-electron chi connectivity index (χ3n) is 4.88. The number of aryl methyl sites for hydroxylation is 2. The maximum atomic E-state index is 12.9. The van der Waals surface area contributed by atoms with Gasteiger partial charge in [0, 0.05) is 28.6 Å². The lowest BCUT2D eigenvalue weighted by Gasteiger charge is -2.14. The predicted molar refractivity (Wildman–Crippen MR) is 104 cm³/mol. The molecular weight excluding hydrogens is 346 g/mol. The summed E-state index contributed by atoms with van der Waals surface area (Å²) in [7, 11) is 1.76. The van der Waals surface area contributed by atoms with Gasteiger partial charge in [-0.1, -0.05) is 36.4 Å². The molecule has 0 fully saturated rings. The monoisotopic (exact) mass is 365 g/mol. The average molecular weight is 365 g/mol. The Bertz CT molecular complexity index is 1070. The van der Waals surface area contributed by atoms with Gasteiger partial charge in [-0.25, -0.2) is 0 Å². The van der Waals surface area contributed by atoms with Crippen molar-refractivity contribution in [1.82, 2.24) is 4.57 Å². The summed E-state index contributed by atoms with van der Waals surface area (Å²) < 4.78 is 7.36. The number of rotatable bonds is 4. The molecule has 0 N–H and O–H groups in total. The number of nitrogens with zero attached hydrogens (tertiary/aromatic N) is 1. The fraction of sp³-hybridized carbons (Fsp3) is 0.238.